The molecule has 5 heteroatoms. The number of aliphatic hydroxyl groups excluding tert-OH is 3. The molecule has 1 spiro atoms. The molecule has 2 bridgehead atoms. The summed E-state index contributed by atoms with van der Waals surface area (Å²) in [5, 5.41) is 32.7. The molecule has 0 aromatic carbocycles. The molecule has 5 nitrogen and oxygen atoms in total. The predicted molar refractivity (Wildman–Crippen MR) is 90.4 cm³/mol. The summed E-state index contributed by atoms with van der Waals surface area (Å²) in [7, 11) is 0. The van der Waals surface area contributed by atoms with Crippen molar-refractivity contribution in [3.05, 3.63) is 12.2 Å². The zero-order chi connectivity index (χ0) is 18.4. The molecule has 4 rings (SSSR count). The van der Waals surface area contributed by atoms with Gasteiger partial charge in [-0.3, -0.25) is 4.79 Å². The lowest BCUT2D eigenvalue weighted by Crippen LogP contribution is -2.68. The van der Waals surface area contributed by atoms with Crippen LogP contribution < -0.4 is 0 Å². The number of fused-ring (bicyclic) bond motifs is 3. The fourth-order valence-electron chi connectivity index (χ4n) is 7.30. The maximum absolute atomic E-state index is 13.2. The molecular formula is C20H28O5. The molecule has 0 amide bonds. The van der Waals surface area contributed by atoms with Crippen molar-refractivity contribution in [3.8, 4) is 0 Å². The molecule has 9 atom stereocenters. The van der Waals surface area contributed by atoms with E-state index in [0.29, 0.717) is 12.8 Å². The molecule has 0 saturated heterocycles. The summed E-state index contributed by atoms with van der Waals surface area (Å²) in [5.41, 5.74) is -1.94. The van der Waals surface area contributed by atoms with Gasteiger partial charge < -0.3 is 20.1 Å². The van der Waals surface area contributed by atoms with Crippen molar-refractivity contribution in [1.82, 2.24) is 0 Å². The van der Waals surface area contributed by atoms with Gasteiger partial charge in [-0.05, 0) is 48.5 Å². The van der Waals surface area contributed by atoms with Gasteiger partial charge in [0, 0.05) is 11.3 Å². The Morgan fingerprint density at radius 2 is 1.80 bits per heavy atom. The first-order valence-corrected chi connectivity index (χ1v) is 9.38. The van der Waals surface area contributed by atoms with E-state index in [1.54, 1.807) is 0 Å². The fraction of sp³-hybridized carbons (Fsp3) is 0.800. The number of aliphatic hydroxyl groups is 3. The first-order chi connectivity index (χ1) is 11.6. The van der Waals surface area contributed by atoms with Crippen LogP contribution in [0.1, 0.15) is 46.0 Å². The van der Waals surface area contributed by atoms with E-state index >= 15 is 0 Å². The van der Waals surface area contributed by atoms with Gasteiger partial charge in [-0.15, -0.1) is 0 Å². The summed E-state index contributed by atoms with van der Waals surface area (Å²) in [4.78, 5) is 25.0. The quantitative estimate of drug-likeness (QED) is 0.490. The van der Waals surface area contributed by atoms with Crippen LogP contribution in [0.2, 0.25) is 0 Å². The van der Waals surface area contributed by atoms with E-state index in [1.807, 2.05) is 6.92 Å². The topological polar surface area (TPSA) is 94.8 Å². The third-order valence-corrected chi connectivity index (χ3v) is 8.48. The Kier molecular flexibility index (Phi) is 3.49. The smallest absolute Gasteiger partial charge is 0.170 e. The van der Waals surface area contributed by atoms with Gasteiger partial charge in [-0.25, -0.2) is 0 Å². The normalized spacial score (nSPS) is 57.8. The molecular weight excluding hydrogens is 320 g/mol. The minimum atomic E-state index is -1.27. The second kappa shape index (κ2) is 5.02. The Labute approximate surface area is 148 Å². The molecule has 4 fully saturated rings. The van der Waals surface area contributed by atoms with Gasteiger partial charge in [-0.2, -0.15) is 0 Å². The van der Waals surface area contributed by atoms with E-state index in [4.69, 9.17) is 0 Å². The number of carbonyl (C=O) groups is 2. The minimum Gasteiger partial charge on any atom is -0.392 e. The number of carbonyl (C=O) groups excluding carboxylic acids is 2. The van der Waals surface area contributed by atoms with Crippen LogP contribution in [0.4, 0.5) is 0 Å². The van der Waals surface area contributed by atoms with Gasteiger partial charge in [0.05, 0.1) is 23.7 Å². The molecule has 9 unspecified atom stereocenters. The molecule has 0 aliphatic heterocycles. The molecule has 4 saturated carbocycles. The van der Waals surface area contributed by atoms with E-state index in [1.165, 1.54) is 0 Å². The van der Waals surface area contributed by atoms with Crippen LogP contribution in [-0.2, 0) is 9.59 Å². The summed E-state index contributed by atoms with van der Waals surface area (Å²) in [6.07, 6.45) is 1.25. The van der Waals surface area contributed by atoms with Crippen LogP contribution in [0.25, 0.3) is 0 Å². The predicted octanol–water partition coefficient (Wildman–Crippen LogP) is 1.25. The van der Waals surface area contributed by atoms with Crippen LogP contribution in [0.3, 0.4) is 0 Å². The molecule has 0 heterocycles. The SMILES string of the molecule is C=C1C(=O)C23C(O)CC4C(C)(C=O)CCCC4(C)C2CC(O)C1C3O. The van der Waals surface area contributed by atoms with Gasteiger partial charge in [0.15, 0.2) is 5.78 Å². The lowest BCUT2D eigenvalue weighted by atomic mass is 9.39. The molecule has 0 aromatic rings. The molecule has 4 aliphatic rings. The number of hydrogen-bond donors (Lipinski definition) is 3. The van der Waals surface area contributed by atoms with Crippen LogP contribution in [0.15, 0.2) is 12.2 Å². The van der Waals surface area contributed by atoms with Crippen LogP contribution in [0.5, 0.6) is 0 Å². The fourth-order valence-corrected chi connectivity index (χ4v) is 7.30. The van der Waals surface area contributed by atoms with Gasteiger partial charge in [0.2, 0.25) is 0 Å². The molecule has 4 aliphatic carbocycles. The monoisotopic (exact) mass is 348 g/mol. The Hall–Kier alpha value is -1.04. The number of ketones is 1. The number of aldehydes is 1. The van der Waals surface area contributed by atoms with Crippen molar-refractivity contribution in [2.45, 2.75) is 64.3 Å². The summed E-state index contributed by atoms with van der Waals surface area (Å²) >= 11 is 0. The lowest BCUT2D eigenvalue weighted by molar-refractivity contribution is -0.236. The Morgan fingerprint density at radius 3 is 2.44 bits per heavy atom. The Balaban J connectivity index is 1.90. The highest BCUT2D eigenvalue weighted by molar-refractivity contribution is 6.04. The Bertz CT molecular complexity index is 658. The molecule has 3 N–H and O–H groups in total. The van der Waals surface area contributed by atoms with Crippen molar-refractivity contribution in [2.24, 2.45) is 34.0 Å². The zero-order valence-corrected chi connectivity index (χ0v) is 14.9. The number of Topliss-reactive ketones (excluding diaryl/α,β-unsaturated/α-hetero) is 1. The second-order valence-electron chi connectivity index (χ2n) is 9.40. The van der Waals surface area contributed by atoms with E-state index in [-0.39, 0.29) is 28.6 Å². The van der Waals surface area contributed by atoms with E-state index < -0.39 is 35.1 Å². The average molecular weight is 348 g/mol. The van der Waals surface area contributed by atoms with Crippen molar-refractivity contribution >= 4 is 12.1 Å². The van der Waals surface area contributed by atoms with Crippen LogP contribution >= 0.6 is 0 Å². The van der Waals surface area contributed by atoms with Crippen molar-refractivity contribution in [3.63, 3.8) is 0 Å². The van der Waals surface area contributed by atoms with Crippen molar-refractivity contribution in [1.29, 1.82) is 0 Å². The molecule has 0 aromatic heterocycles. The van der Waals surface area contributed by atoms with E-state index in [2.05, 4.69) is 13.5 Å². The third-order valence-electron chi connectivity index (χ3n) is 8.48. The highest BCUT2D eigenvalue weighted by atomic mass is 16.3. The summed E-state index contributed by atoms with van der Waals surface area (Å²) in [5.74, 6) is -1.37. The standard InChI is InChI=1S/C20H28O5/c1-10-15-11(22)7-13-19(3)6-4-5-18(2,9-21)12(19)8-14(23)20(13,16(10)24)17(15)25/h9,11-15,17,22-23,25H,1,4-8H2,2-3H3. The van der Waals surface area contributed by atoms with Gasteiger partial charge in [0.1, 0.15) is 6.29 Å². The molecule has 25 heavy (non-hydrogen) atoms. The maximum atomic E-state index is 13.2. The van der Waals surface area contributed by atoms with Crippen LogP contribution in [-0.4, -0.2) is 45.7 Å². The highest BCUT2D eigenvalue weighted by Gasteiger charge is 2.75. The average Bonchev–Trinajstić information content (AvgIpc) is 2.69. The van der Waals surface area contributed by atoms with Crippen molar-refractivity contribution < 1.29 is 24.9 Å². The summed E-state index contributed by atoms with van der Waals surface area (Å²) in [6, 6.07) is 0. The minimum absolute atomic E-state index is 0.0607. The highest BCUT2D eigenvalue weighted by Crippen LogP contribution is 2.70. The van der Waals surface area contributed by atoms with E-state index in [0.717, 1.165) is 25.5 Å². The van der Waals surface area contributed by atoms with Gasteiger partial charge >= 0.3 is 0 Å². The number of hydrogen-bond acceptors (Lipinski definition) is 5. The van der Waals surface area contributed by atoms with Crippen LogP contribution in [0, 0.1) is 34.0 Å². The van der Waals surface area contributed by atoms with E-state index in [9.17, 15) is 24.9 Å². The summed E-state index contributed by atoms with van der Waals surface area (Å²) in [6.45, 7) is 7.87. The van der Waals surface area contributed by atoms with Crippen molar-refractivity contribution in [2.75, 3.05) is 0 Å². The second-order valence-corrected chi connectivity index (χ2v) is 9.40. The largest absolute Gasteiger partial charge is 0.392 e. The van der Waals surface area contributed by atoms with Gasteiger partial charge in [0.25, 0.3) is 0 Å². The molecule has 0 radical (unpaired) electrons. The molecule has 138 valence electrons. The lowest BCUT2D eigenvalue weighted by Gasteiger charge is -2.65. The first kappa shape index (κ1) is 17.4. The third kappa shape index (κ3) is 1.75. The first-order valence-electron chi connectivity index (χ1n) is 9.38. The number of rotatable bonds is 1. The Morgan fingerprint density at radius 1 is 1.12 bits per heavy atom. The maximum Gasteiger partial charge on any atom is 0.170 e. The summed E-state index contributed by atoms with van der Waals surface area (Å²) < 4.78 is 0. The van der Waals surface area contributed by atoms with Gasteiger partial charge in [-0.1, -0.05) is 26.8 Å². The zero-order valence-electron chi connectivity index (χ0n) is 14.9.